The number of amides is 1. The van der Waals surface area contributed by atoms with Crippen LogP contribution in [0.3, 0.4) is 0 Å². The number of hydrogen-bond acceptors (Lipinski definition) is 4. The van der Waals surface area contributed by atoms with Crippen molar-refractivity contribution in [3.05, 3.63) is 52.0 Å². The molecule has 21 heavy (non-hydrogen) atoms. The Balaban J connectivity index is 2.28. The molecule has 1 amide bonds. The van der Waals surface area contributed by atoms with Gasteiger partial charge < -0.3 is 20.6 Å². The zero-order valence-corrected chi connectivity index (χ0v) is 12.1. The fourth-order valence-corrected chi connectivity index (χ4v) is 2.13. The largest absolute Gasteiger partial charge is 0.504 e. The molecule has 0 spiro atoms. The van der Waals surface area contributed by atoms with Crippen molar-refractivity contribution < 1.29 is 24.9 Å². The highest BCUT2D eigenvalue weighted by Crippen LogP contribution is 2.30. The van der Waals surface area contributed by atoms with Crippen molar-refractivity contribution in [2.45, 2.75) is 0 Å². The smallest absolute Gasteiger partial charge is 0.335 e. The number of rotatable bonds is 3. The first kappa shape index (κ1) is 14.9. The zero-order valence-electron chi connectivity index (χ0n) is 10.5. The Morgan fingerprint density at radius 3 is 2.43 bits per heavy atom. The van der Waals surface area contributed by atoms with E-state index in [1.54, 1.807) is 0 Å². The molecule has 0 aromatic heterocycles. The summed E-state index contributed by atoms with van der Waals surface area (Å²) < 4.78 is 0.385. The molecule has 108 valence electrons. The number of aromatic carboxylic acids is 1. The predicted molar refractivity (Wildman–Crippen MR) is 78.8 cm³/mol. The summed E-state index contributed by atoms with van der Waals surface area (Å²) in [6, 6.07) is 8.14. The molecule has 0 heterocycles. The summed E-state index contributed by atoms with van der Waals surface area (Å²) in [7, 11) is 0. The number of anilines is 1. The van der Waals surface area contributed by atoms with Crippen LogP contribution in [0.2, 0.25) is 0 Å². The quantitative estimate of drug-likeness (QED) is 0.636. The Hall–Kier alpha value is -2.54. The summed E-state index contributed by atoms with van der Waals surface area (Å²) >= 11 is 3.16. The van der Waals surface area contributed by atoms with Crippen LogP contribution in [0.4, 0.5) is 5.69 Å². The van der Waals surface area contributed by atoms with E-state index >= 15 is 0 Å². The van der Waals surface area contributed by atoms with E-state index in [2.05, 4.69) is 21.2 Å². The summed E-state index contributed by atoms with van der Waals surface area (Å²) in [5, 5.41) is 30.4. The first-order chi connectivity index (χ1) is 9.90. The molecule has 6 nitrogen and oxygen atoms in total. The Bertz CT molecular complexity index is 729. The molecule has 2 aromatic rings. The number of phenols is 2. The van der Waals surface area contributed by atoms with Gasteiger partial charge in [-0.1, -0.05) is 6.07 Å². The molecule has 0 saturated heterocycles. The maximum absolute atomic E-state index is 12.0. The van der Waals surface area contributed by atoms with Crippen LogP contribution in [0.25, 0.3) is 0 Å². The van der Waals surface area contributed by atoms with Gasteiger partial charge in [0.15, 0.2) is 11.5 Å². The number of benzene rings is 2. The number of carboxylic acid groups (broad SMARTS) is 1. The summed E-state index contributed by atoms with van der Waals surface area (Å²) in [4.78, 5) is 22.9. The Morgan fingerprint density at radius 1 is 1.10 bits per heavy atom. The van der Waals surface area contributed by atoms with Crippen LogP contribution < -0.4 is 5.32 Å². The molecular formula is C14H10BrNO5. The van der Waals surface area contributed by atoms with Gasteiger partial charge in [0.05, 0.1) is 16.8 Å². The zero-order chi connectivity index (χ0) is 15.6. The van der Waals surface area contributed by atoms with Crippen LogP contribution in [-0.2, 0) is 0 Å². The third-order valence-electron chi connectivity index (χ3n) is 2.72. The molecule has 0 radical (unpaired) electrons. The van der Waals surface area contributed by atoms with Crippen molar-refractivity contribution in [1.82, 2.24) is 0 Å². The number of halogens is 1. The van der Waals surface area contributed by atoms with Gasteiger partial charge >= 0.3 is 5.97 Å². The standard InChI is InChI=1S/C14H10BrNO5/c15-9-6-7(14(20)21)4-5-10(9)16-13(19)8-2-1-3-11(17)12(8)18/h1-6,17-18H,(H,16,19)(H,20,21). The lowest BCUT2D eigenvalue weighted by Crippen LogP contribution is -2.12. The molecule has 0 aliphatic carbocycles. The summed E-state index contributed by atoms with van der Waals surface area (Å²) in [5.41, 5.74) is 0.317. The topological polar surface area (TPSA) is 107 Å². The minimum Gasteiger partial charge on any atom is -0.504 e. The second-order valence-electron chi connectivity index (χ2n) is 4.13. The van der Waals surface area contributed by atoms with E-state index in [1.807, 2.05) is 0 Å². The average molecular weight is 352 g/mol. The first-order valence-electron chi connectivity index (χ1n) is 5.75. The molecule has 7 heteroatoms. The van der Waals surface area contributed by atoms with E-state index in [0.717, 1.165) is 0 Å². The number of carbonyl (C=O) groups is 2. The van der Waals surface area contributed by atoms with Crippen molar-refractivity contribution in [1.29, 1.82) is 0 Å². The van der Waals surface area contributed by atoms with Crippen LogP contribution in [0.15, 0.2) is 40.9 Å². The van der Waals surface area contributed by atoms with Crippen molar-refractivity contribution in [3.63, 3.8) is 0 Å². The number of carboxylic acids is 1. The van der Waals surface area contributed by atoms with E-state index in [0.29, 0.717) is 10.2 Å². The molecule has 0 atom stereocenters. The van der Waals surface area contributed by atoms with E-state index in [-0.39, 0.29) is 11.1 Å². The molecule has 0 saturated carbocycles. The summed E-state index contributed by atoms with van der Waals surface area (Å²) in [5.74, 6) is -2.64. The summed E-state index contributed by atoms with van der Waals surface area (Å²) in [6.07, 6.45) is 0. The van der Waals surface area contributed by atoms with Gasteiger partial charge in [-0.3, -0.25) is 4.79 Å². The number of phenolic OH excluding ortho intramolecular Hbond substituents is 2. The van der Waals surface area contributed by atoms with E-state index in [9.17, 15) is 19.8 Å². The normalized spacial score (nSPS) is 10.1. The molecule has 0 unspecified atom stereocenters. The fourth-order valence-electron chi connectivity index (χ4n) is 1.65. The highest BCUT2D eigenvalue weighted by molar-refractivity contribution is 9.10. The lowest BCUT2D eigenvalue weighted by atomic mass is 10.1. The highest BCUT2D eigenvalue weighted by atomic mass is 79.9. The molecular weight excluding hydrogens is 342 g/mol. The van der Waals surface area contributed by atoms with Crippen LogP contribution in [0.1, 0.15) is 20.7 Å². The number of nitrogens with one attached hydrogen (secondary N) is 1. The lowest BCUT2D eigenvalue weighted by Gasteiger charge is -2.09. The minimum atomic E-state index is -1.08. The second-order valence-corrected chi connectivity index (χ2v) is 4.98. The van der Waals surface area contributed by atoms with Crippen LogP contribution in [-0.4, -0.2) is 27.2 Å². The Morgan fingerprint density at radius 2 is 1.81 bits per heavy atom. The SMILES string of the molecule is O=C(O)c1ccc(NC(=O)c2cccc(O)c2O)c(Br)c1. The number of aromatic hydroxyl groups is 2. The number of hydrogen-bond donors (Lipinski definition) is 4. The Kier molecular flexibility index (Phi) is 4.13. The average Bonchev–Trinajstić information content (AvgIpc) is 2.43. The summed E-state index contributed by atoms with van der Waals surface area (Å²) in [6.45, 7) is 0. The van der Waals surface area contributed by atoms with Crippen molar-refractivity contribution in [3.8, 4) is 11.5 Å². The van der Waals surface area contributed by atoms with Crippen molar-refractivity contribution in [2.75, 3.05) is 5.32 Å². The van der Waals surface area contributed by atoms with Crippen molar-refractivity contribution >= 4 is 33.5 Å². The van der Waals surface area contributed by atoms with Crippen LogP contribution in [0, 0.1) is 0 Å². The number of carbonyl (C=O) groups excluding carboxylic acids is 1. The van der Waals surface area contributed by atoms with Crippen LogP contribution >= 0.6 is 15.9 Å². The molecule has 2 rings (SSSR count). The molecule has 0 aliphatic heterocycles. The lowest BCUT2D eigenvalue weighted by molar-refractivity contribution is 0.0696. The number of para-hydroxylation sites is 1. The molecule has 2 aromatic carbocycles. The van der Waals surface area contributed by atoms with E-state index in [1.165, 1.54) is 36.4 Å². The Labute approximate surface area is 127 Å². The maximum atomic E-state index is 12.0. The second kappa shape index (κ2) is 5.84. The van der Waals surface area contributed by atoms with Gasteiger partial charge in [0, 0.05) is 4.47 Å². The van der Waals surface area contributed by atoms with Crippen LogP contribution in [0.5, 0.6) is 11.5 Å². The van der Waals surface area contributed by atoms with Gasteiger partial charge in [-0.2, -0.15) is 0 Å². The fraction of sp³-hybridized carbons (Fsp3) is 0. The van der Waals surface area contributed by atoms with E-state index < -0.39 is 23.4 Å². The third kappa shape index (κ3) is 3.14. The van der Waals surface area contributed by atoms with Gasteiger partial charge in [0.25, 0.3) is 5.91 Å². The molecule has 0 fully saturated rings. The monoisotopic (exact) mass is 351 g/mol. The van der Waals surface area contributed by atoms with Gasteiger partial charge in [-0.05, 0) is 46.3 Å². The molecule has 0 bridgehead atoms. The van der Waals surface area contributed by atoms with E-state index in [4.69, 9.17) is 5.11 Å². The molecule has 4 N–H and O–H groups in total. The van der Waals surface area contributed by atoms with Gasteiger partial charge in [0.2, 0.25) is 0 Å². The van der Waals surface area contributed by atoms with Gasteiger partial charge in [-0.15, -0.1) is 0 Å². The van der Waals surface area contributed by atoms with Crippen molar-refractivity contribution in [2.24, 2.45) is 0 Å². The molecule has 0 aliphatic rings. The third-order valence-corrected chi connectivity index (χ3v) is 3.38. The maximum Gasteiger partial charge on any atom is 0.335 e. The van der Waals surface area contributed by atoms with Gasteiger partial charge in [0.1, 0.15) is 0 Å². The van der Waals surface area contributed by atoms with Gasteiger partial charge in [-0.25, -0.2) is 4.79 Å². The minimum absolute atomic E-state index is 0.0695. The first-order valence-corrected chi connectivity index (χ1v) is 6.54. The highest BCUT2D eigenvalue weighted by Gasteiger charge is 2.15. The predicted octanol–water partition coefficient (Wildman–Crippen LogP) is 2.81.